The van der Waals surface area contributed by atoms with E-state index >= 15 is 0 Å². The maximum Gasteiger partial charge on any atom is 0.246 e. The average molecular weight is 307 g/mol. The Morgan fingerprint density at radius 3 is 2.77 bits per heavy atom. The average Bonchev–Trinajstić information content (AvgIpc) is 2.52. The normalized spacial score (nSPS) is 14.7. The Hall–Kier alpha value is -1.89. The van der Waals surface area contributed by atoms with Gasteiger partial charge in [0, 0.05) is 39.4 Å². The van der Waals surface area contributed by atoms with Crippen LogP contribution in [0.3, 0.4) is 0 Å². The van der Waals surface area contributed by atoms with Crippen LogP contribution in [0, 0.1) is 6.92 Å². The van der Waals surface area contributed by atoms with E-state index < -0.39 is 0 Å². The second kappa shape index (κ2) is 8.53. The van der Waals surface area contributed by atoms with Crippen molar-refractivity contribution in [2.45, 2.75) is 26.2 Å². The fraction of sp³-hybridized carbons (Fsp3) is 0.667. The van der Waals surface area contributed by atoms with Crippen LogP contribution in [0.25, 0.3) is 0 Å². The van der Waals surface area contributed by atoms with Crippen LogP contribution in [-0.4, -0.2) is 55.8 Å². The van der Waals surface area contributed by atoms with E-state index in [2.05, 4.69) is 25.5 Å². The standard InChI is InChI=1S/C15H25N5O2/c1-12-18-13(16-6-7-17-15(21)11-22-2)10-14(19-12)20-8-4-3-5-9-20/h10H,3-9,11H2,1-2H3,(H,17,21)(H,16,18,19). The molecule has 1 fully saturated rings. The van der Waals surface area contributed by atoms with Crippen molar-refractivity contribution in [3.63, 3.8) is 0 Å². The lowest BCUT2D eigenvalue weighted by molar-refractivity contribution is -0.124. The molecule has 0 saturated carbocycles. The Bertz CT molecular complexity index is 489. The quantitative estimate of drug-likeness (QED) is 0.730. The summed E-state index contributed by atoms with van der Waals surface area (Å²) in [6.45, 7) is 5.26. The van der Waals surface area contributed by atoms with Crippen LogP contribution < -0.4 is 15.5 Å². The molecule has 0 aliphatic carbocycles. The maximum atomic E-state index is 11.3. The predicted octanol–water partition coefficient (Wildman–Crippen LogP) is 0.950. The second-order valence-electron chi connectivity index (χ2n) is 5.42. The SMILES string of the molecule is COCC(=O)NCCNc1cc(N2CCCCC2)nc(C)n1. The predicted molar refractivity (Wildman–Crippen MR) is 86.2 cm³/mol. The molecule has 1 amide bonds. The van der Waals surface area contributed by atoms with Gasteiger partial charge < -0.3 is 20.3 Å². The molecule has 2 rings (SSSR count). The van der Waals surface area contributed by atoms with Crippen molar-refractivity contribution in [1.82, 2.24) is 15.3 Å². The van der Waals surface area contributed by atoms with Crippen molar-refractivity contribution in [2.75, 3.05) is 50.1 Å². The number of amides is 1. The molecule has 0 bridgehead atoms. The molecule has 122 valence electrons. The lowest BCUT2D eigenvalue weighted by Gasteiger charge is -2.28. The minimum absolute atomic E-state index is 0.0890. The number of rotatable bonds is 7. The summed E-state index contributed by atoms with van der Waals surface area (Å²) in [6.07, 6.45) is 3.74. The van der Waals surface area contributed by atoms with Crippen LogP contribution in [0.5, 0.6) is 0 Å². The van der Waals surface area contributed by atoms with E-state index in [1.54, 1.807) is 0 Å². The summed E-state index contributed by atoms with van der Waals surface area (Å²) in [5.74, 6) is 2.43. The highest BCUT2D eigenvalue weighted by atomic mass is 16.5. The van der Waals surface area contributed by atoms with Gasteiger partial charge >= 0.3 is 0 Å². The third-order valence-electron chi connectivity index (χ3n) is 3.53. The van der Waals surface area contributed by atoms with Crippen LogP contribution in [0.1, 0.15) is 25.1 Å². The molecular formula is C15H25N5O2. The van der Waals surface area contributed by atoms with Gasteiger partial charge in [0.1, 0.15) is 24.1 Å². The number of nitrogens with zero attached hydrogens (tertiary/aromatic N) is 3. The first-order valence-electron chi connectivity index (χ1n) is 7.79. The zero-order chi connectivity index (χ0) is 15.8. The molecule has 1 aliphatic heterocycles. The fourth-order valence-electron chi connectivity index (χ4n) is 2.50. The van der Waals surface area contributed by atoms with Gasteiger partial charge in [-0.25, -0.2) is 9.97 Å². The third kappa shape index (κ3) is 5.14. The Morgan fingerprint density at radius 1 is 1.27 bits per heavy atom. The van der Waals surface area contributed by atoms with Crippen LogP contribution in [0.2, 0.25) is 0 Å². The number of carbonyl (C=O) groups is 1. The molecule has 0 atom stereocenters. The molecule has 1 aliphatic rings. The van der Waals surface area contributed by atoms with E-state index in [0.29, 0.717) is 13.1 Å². The maximum absolute atomic E-state index is 11.3. The molecule has 22 heavy (non-hydrogen) atoms. The third-order valence-corrected chi connectivity index (χ3v) is 3.53. The minimum Gasteiger partial charge on any atom is -0.375 e. The van der Waals surface area contributed by atoms with Crippen LogP contribution in [0.4, 0.5) is 11.6 Å². The molecule has 1 aromatic rings. The van der Waals surface area contributed by atoms with Gasteiger partial charge in [-0.1, -0.05) is 0 Å². The highest BCUT2D eigenvalue weighted by Gasteiger charge is 2.13. The summed E-state index contributed by atoms with van der Waals surface area (Å²) in [5, 5.41) is 6.00. The van der Waals surface area contributed by atoms with Crippen LogP contribution in [0.15, 0.2) is 6.07 Å². The molecule has 0 spiro atoms. The fourth-order valence-corrected chi connectivity index (χ4v) is 2.50. The topological polar surface area (TPSA) is 79.4 Å². The summed E-state index contributed by atoms with van der Waals surface area (Å²) in [5.41, 5.74) is 0. The molecule has 7 nitrogen and oxygen atoms in total. The summed E-state index contributed by atoms with van der Waals surface area (Å²) in [7, 11) is 1.50. The Morgan fingerprint density at radius 2 is 2.05 bits per heavy atom. The van der Waals surface area contributed by atoms with E-state index in [9.17, 15) is 4.79 Å². The first-order chi connectivity index (χ1) is 10.7. The zero-order valence-corrected chi connectivity index (χ0v) is 13.4. The number of anilines is 2. The number of hydrogen-bond donors (Lipinski definition) is 2. The monoisotopic (exact) mass is 307 g/mol. The lowest BCUT2D eigenvalue weighted by Crippen LogP contribution is -2.32. The highest BCUT2D eigenvalue weighted by Crippen LogP contribution is 2.20. The van der Waals surface area contributed by atoms with Crippen molar-refractivity contribution in [3.8, 4) is 0 Å². The molecular weight excluding hydrogens is 282 g/mol. The van der Waals surface area contributed by atoms with Gasteiger partial charge in [-0.3, -0.25) is 4.79 Å². The lowest BCUT2D eigenvalue weighted by atomic mass is 10.1. The van der Waals surface area contributed by atoms with Crippen LogP contribution >= 0.6 is 0 Å². The molecule has 7 heteroatoms. The van der Waals surface area contributed by atoms with Crippen LogP contribution in [-0.2, 0) is 9.53 Å². The minimum atomic E-state index is -0.114. The zero-order valence-electron chi connectivity index (χ0n) is 13.4. The number of nitrogens with one attached hydrogen (secondary N) is 2. The highest BCUT2D eigenvalue weighted by molar-refractivity contribution is 5.77. The molecule has 2 N–H and O–H groups in total. The molecule has 0 unspecified atom stereocenters. The second-order valence-corrected chi connectivity index (χ2v) is 5.42. The van der Waals surface area contributed by atoms with Gasteiger partial charge in [0.25, 0.3) is 0 Å². The van der Waals surface area contributed by atoms with Gasteiger partial charge in [0.15, 0.2) is 0 Å². The van der Waals surface area contributed by atoms with E-state index in [1.807, 2.05) is 13.0 Å². The number of aromatic nitrogens is 2. The van der Waals surface area contributed by atoms with Gasteiger partial charge in [0.2, 0.25) is 5.91 Å². The Balaban J connectivity index is 1.85. The van der Waals surface area contributed by atoms with Crippen molar-refractivity contribution >= 4 is 17.5 Å². The molecule has 1 saturated heterocycles. The number of ether oxygens (including phenoxy) is 1. The van der Waals surface area contributed by atoms with Crippen molar-refractivity contribution in [2.24, 2.45) is 0 Å². The number of aryl methyl sites for hydroxylation is 1. The van der Waals surface area contributed by atoms with Gasteiger partial charge in [-0.05, 0) is 26.2 Å². The molecule has 0 radical (unpaired) electrons. The number of hydrogen-bond acceptors (Lipinski definition) is 6. The first-order valence-corrected chi connectivity index (χ1v) is 7.79. The van der Waals surface area contributed by atoms with Gasteiger partial charge in [0.05, 0.1) is 0 Å². The molecule has 0 aromatic carbocycles. The van der Waals surface area contributed by atoms with Crippen molar-refractivity contribution in [1.29, 1.82) is 0 Å². The molecule has 2 heterocycles. The summed E-state index contributed by atoms with van der Waals surface area (Å²) >= 11 is 0. The summed E-state index contributed by atoms with van der Waals surface area (Å²) < 4.78 is 4.76. The van der Waals surface area contributed by atoms with E-state index in [4.69, 9.17) is 4.74 Å². The first kappa shape index (κ1) is 16.5. The Kier molecular flexibility index (Phi) is 6.39. The van der Waals surface area contributed by atoms with E-state index in [-0.39, 0.29) is 12.5 Å². The number of methoxy groups -OCH3 is 1. The van der Waals surface area contributed by atoms with E-state index in [1.165, 1.54) is 26.4 Å². The van der Waals surface area contributed by atoms with Gasteiger partial charge in [-0.15, -0.1) is 0 Å². The van der Waals surface area contributed by atoms with Crippen molar-refractivity contribution < 1.29 is 9.53 Å². The Labute approximate surface area is 131 Å². The largest absolute Gasteiger partial charge is 0.375 e. The smallest absolute Gasteiger partial charge is 0.246 e. The number of piperidine rings is 1. The molecule has 1 aromatic heterocycles. The summed E-state index contributed by atoms with van der Waals surface area (Å²) in [4.78, 5) is 22.5. The van der Waals surface area contributed by atoms with E-state index in [0.717, 1.165) is 30.5 Å². The van der Waals surface area contributed by atoms with Gasteiger partial charge in [-0.2, -0.15) is 0 Å². The number of carbonyl (C=O) groups excluding carboxylic acids is 1. The summed E-state index contributed by atoms with van der Waals surface area (Å²) in [6, 6.07) is 1.98. The van der Waals surface area contributed by atoms with Crippen molar-refractivity contribution in [3.05, 3.63) is 11.9 Å².